The molecule has 16 heteroatoms. The van der Waals surface area contributed by atoms with Gasteiger partial charge in [-0.1, -0.05) is 0 Å². The highest BCUT2D eigenvalue weighted by molar-refractivity contribution is 5.99. The van der Waals surface area contributed by atoms with E-state index in [1.807, 2.05) is 0 Å². The van der Waals surface area contributed by atoms with Gasteiger partial charge in [-0.15, -0.1) is 0 Å². The molecule has 5 rings (SSSR count). The van der Waals surface area contributed by atoms with Crippen molar-refractivity contribution in [3.8, 4) is 11.5 Å². The van der Waals surface area contributed by atoms with E-state index in [0.717, 1.165) is 41.4 Å². The number of halogens is 5. The number of hydrogen-bond donors (Lipinski definition) is 2. The number of morpholine rings is 1. The molecule has 46 heavy (non-hydrogen) atoms. The average Bonchev–Trinajstić information content (AvgIpc) is 3.34. The number of anilines is 2. The lowest BCUT2D eigenvalue weighted by atomic mass is 9.88. The highest BCUT2D eigenvalue weighted by Crippen LogP contribution is 2.41. The molecule has 2 aliphatic heterocycles. The van der Waals surface area contributed by atoms with Gasteiger partial charge in [0, 0.05) is 47.9 Å². The van der Waals surface area contributed by atoms with E-state index >= 15 is 13.2 Å². The van der Waals surface area contributed by atoms with Gasteiger partial charge in [0.2, 0.25) is 0 Å². The Balaban J connectivity index is 1.50. The molecule has 0 radical (unpaired) electrons. The number of nitrogens with zero attached hydrogens (tertiary/aromatic N) is 4. The Kier molecular flexibility index (Phi) is 9.79. The maximum Gasteiger partial charge on any atom is 0.387 e. The number of carbonyl (C=O) groups is 2. The van der Waals surface area contributed by atoms with E-state index in [1.165, 1.54) is 30.2 Å². The molecule has 2 aromatic carbocycles. The van der Waals surface area contributed by atoms with Gasteiger partial charge in [0.25, 0.3) is 11.8 Å². The highest BCUT2D eigenvalue weighted by atomic mass is 19.3. The molecule has 2 N–H and O–H groups in total. The molecule has 11 nitrogen and oxygen atoms in total. The van der Waals surface area contributed by atoms with Crippen molar-refractivity contribution in [3.63, 3.8) is 0 Å². The van der Waals surface area contributed by atoms with Gasteiger partial charge in [-0.25, -0.2) is 23.1 Å². The van der Waals surface area contributed by atoms with Crippen LogP contribution in [0.1, 0.15) is 21.8 Å². The monoisotopic (exact) mass is 650 g/mol. The van der Waals surface area contributed by atoms with Gasteiger partial charge < -0.3 is 29.3 Å². The molecular formula is C30H27F5N4O7. The predicted octanol–water partition coefficient (Wildman–Crippen LogP) is 3.28. The van der Waals surface area contributed by atoms with Crippen molar-refractivity contribution in [2.24, 2.45) is 10.9 Å². The number of methoxy groups -OCH3 is 1. The zero-order valence-corrected chi connectivity index (χ0v) is 24.0. The number of aliphatic imine (C=N–C) groups is 1. The van der Waals surface area contributed by atoms with Crippen molar-refractivity contribution in [3.05, 3.63) is 77.1 Å². The number of pyridine rings is 1. The Morgan fingerprint density at radius 1 is 1.09 bits per heavy atom. The molecule has 1 aromatic heterocycles. The number of rotatable bonds is 9. The number of aliphatic hydroxyl groups is 2. The van der Waals surface area contributed by atoms with E-state index < -0.39 is 84.6 Å². The topological polar surface area (TPSA) is 134 Å². The molecule has 3 aromatic rings. The SMILES string of the molecule is COc1cc(F)c([C@@H]2CN(c3nc(N4CC(CO)OCC4=O)ccc3F)C(O)C2C=NC(=O)c2ccc(OC(F)F)cc2)c(F)c1. The second-order valence-electron chi connectivity index (χ2n) is 10.3. The normalized spacial score (nSPS) is 21.8. The van der Waals surface area contributed by atoms with Gasteiger partial charge in [-0.2, -0.15) is 8.78 Å². The molecule has 2 aliphatic rings. The minimum absolute atomic E-state index is 0.0275. The molecule has 3 heterocycles. The Morgan fingerprint density at radius 2 is 1.78 bits per heavy atom. The van der Waals surface area contributed by atoms with Crippen LogP contribution in [0.4, 0.5) is 33.6 Å². The first-order valence-corrected chi connectivity index (χ1v) is 13.8. The summed E-state index contributed by atoms with van der Waals surface area (Å²) in [7, 11) is 1.21. The highest BCUT2D eigenvalue weighted by Gasteiger charge is 2.45. The van der Waals surface area contributed by atoms with Crippen LogP contribution in [-0.4, -0.2) is 85.6 Å². The molecule has 2 fully saturated rings. The first-order chi connectivity index (χ1) is 22.0. The minimum Gasteiger partial charge on any atom is -0.497 e. The van der Waals surface area contributed by atoms with Crippen LogP contribution < -0.4 is 19.3 Å². The van der Waals surface area contributed by atoms with Gasteiger partial charge in [0.1, 0.15) is 41.8 Å². The van der Waals surface area contributed by atoms with Gasteiger partial charge >= 0.3 is 6.61 Å². The Bertz CT molecular complexity index is 1600. The number of aliphatic hydroxyl groups excluding tert-OH is 2. The maximum atomic E-state index is 15.3. The Morgan fingerprint density at radius 3 is 2.41 bits per heavy atom. The van der Waals surface area contributed by atoms with Crippen LogP contribution in [0.5, 0.6) is 11.5 Å². The van der Waals surface area contributed by atoms with Gasteiger partial charge in [-0.05, 0) is 36.4 Å². The summed E-state index contributed by atoms with van der Waals surface area (Å²) in [6.07, 6.45) is -1.47. The summed E-state index contributed by atoms with van der Waals surface area (Å²) in [5.41, 5.74) is -0.539. The zero-order chi connectivity index (χ0) is 33.1. The zero-order valence-electron chi connectivity index (χ0n) is 24.0. The Hall–Kier alpha value is -4.67. The number of ether oxygens (including phenoxy) is 3. The first kappa shape index (κ1) is 32.7. The van der Waals surface area contributed by atoms with Crippen molar-refractivity contribution < 1.29 is 56.0 Å². The molecule has 0 aliphatic carbocycles. The number of amides is 2. The third-order valence-electron chi connectivity index (χ3n) is 7.57. The van der Waals surface area contributed by atoms with Crippen molar-refractivity contribution in [2.45, 2.75) is 24.9 Å². The molecule has 3 unspecified atom stereocenters. The molecular weight excluding hydrogens is 623 g/mol. The number of aromatic nitrogens is 1. The maximum absolute atomic E-state index is 15.3. The quantitative estimate of drug-likeness (QED) is 0.265. The lowest BCUT2D eigenvalue weighted by molar-refractivity contribution is -0.130. The van der Waals surface area contributed by atoms with Crippen LogP contribution in [-0.2, 0) is 9.53 Å². The van der Waals surface area contributed by atoms with Crippen LogP contribution in [0.25, 0.3) is 0 Å². The summed E-state index contributed by atoms with van der Waals surface area (Å²) in [5.74, 6) is -7.76. The molecule has 0 spiro atoms. The fourth-order valence-electron chi connectivity index (χ4n) is 5.30. The fraction of sp³-hybridized carbons (Fsp3) is 0.333. The van der Waals surface area contributed by atoms with E-state index in [-0.39, 0.29) is 36.0 Å². The lowest BCUT2D eigenvalue weighted by Crippen LogP contribution is -2.48. The smallest absolute Gasteiger partial charge is 0.387 e. The van der Waals surface area contributed by atoms with Crippen molar-refractivity contribution in [2.75, 3.05) is 43.2 Å². The van der Waals surface area contributed by atoms with Crippen LogP contribution in [0.3, 0.4) is 0 Å². The van der Waals surface area contributed by atoms with E-state index in [0.29, 0.717) is 0 Å². The number of benzene rings is 2. The van der Waals surface area contributed by atoms with Gasteiger partial charge in [0.05, 0.1) is 26.4 Å². The standard InChI is InChI=1S/C30H27F5N4O7/c1-44-17-8-22(32)26(23(33)9-17)20-12-39(27-21(31)6-7-24(37-27)38-11-18(13-40)45-14-25(38)41)29(43)19(20)10-36-28(42)15-2-4-16(5-3-15)46-30(34)35/h2-10,18-20,29-30,40,43H,11-14H2,1H3/t18?,19?,20-,29?/m1/s1. The first-order valence-electron chi connectivity index (χ1n) is 13.8. The van der Waals surface area contributed by atoms with Crippen molar-refractivity contribution in [1.29, 1.82) is 0 Å². The number of alkyl halides is 2. The van der Waals surface area contributed by atoms with E-state index in [1.54, 1.807) is 0 Å². The predicted molar refractivity (Wildman–Crippen MR) is 152 cm³/mol. The van der Waals surface area contributed by atoms with Crippen LogP contribution >= 0.6 is 0 Å². The third-order valence-corrected chi connectivity index (χ3v) is 7.57. The van der Waals surface area contributed by atoms with Gasteiger partial charge in [-0.3, -0.25) is 14.5 Å². The summed E-state index contributed by atoms with van der Waals surface area (Å²) in [6.45, 7) is -4.33. The summed E-state index contributed by atoms with van der Waals surface area (Å²) in [5, 5.41) is 20.9. The average molecular weight is 651 g/mol. The molecule has 0 saturated carbocycles. The second-order valence-corrected chi connectivity index (χ2v) is 10.3. The minimum atomic E-state index is -3.08. The largest absolute Gasteiger partial charge is 0.497 e. The summed E-state index contributed by atoms with van der Waals surface area (Å²) in [6, 6.07) is 8.66. The summed E-state index contributed by atoms with van der Waals surface area (Å²) < 4.78 is 85.2. The lowest BCUT2D eigenvalue weighted by Gasteiger charge is -2.32. The van der Waals surface area contributed by atoms with Crippen LogP contribution in [0.2, 0.25) is 0 Å². The van der Waals surface area contributed by atoms with Crippen LogP contribution in [0.15, 0.2) is 53.5 Å². The molecule has 0 bridgehead atoms. The summed E-state index contributed by atoms with van der Waals surface area (Å²) >= 11 is 0. The van der Waals surface area contributed by atoms with Crippen LogP contribution in [0, 0.1) is 23.4 Å². The number of hydrogen-bond acceptors (Lipinski definition) is 9. The van der Waals surface area contributed by atoms with E-state index in [4.69, 9.17) is 9.47 Å². The molecule has 2 amide bonds. The summed E-state index contributed by atoms with van der Waals surface area (Å²) in [4.78, 5) is 35.6. The second kappa shape index (κ2) is 13.8. The molecule has 2 saturated heterocycles. The third kappa shape index (κ3) is 6.78. The Labute approximate surface area is 258 Å². The van der Waals surface area contributed by atoms with Gasteiger partial charge in [0.15, 0.2) is 11.6 Å². The van der Waals surface area contributed by atoms with E-state index in [9.17, 15) is 28.6 Å². The van der Waals surface area contributed by atoms with E-state index in [2.05, 4.69) is 14.7 Å². The fourth-order valence-corrected chi connectivity index (χ4v) is 5.30. The van der Waals surface area contributed by atoms with Crippen molar-refractivity contribution in [1.82, 2.24) is 4.98 Å². The molecule has 4 atom stereocenters. The molecule has 244 valence electrons. The van der Waals surface area contributed by atoms with Crippen molar-refractivity contribution >= 4 is 29.7 Å². The number of carbonyl (C=O) groups excluding carboxylic acids is 2.